The van der Waals surface area contributed by atoms with Gasteiger partial charge < -0.3 is 10.3 Å². The first-order valence-electron chi connectivity index (χ1n) is 6.29. The smallest absolute Gasteiger partial charge is 0.334 e. The summed E-state index contributed by atoms with van der Waals surface area (Å²) in [6.45, 7) is 1.96. The van der Waals surface area contributed by atoms with E-state index in [1.807, 2.05) is 6.92 Å². The highest BCUT2D eigenvalue weighted by Crippen LogP contribution is 2.35. The lowest BCUT2D eigenvalue weighted by Gasteiger charge is -2.08. The number of hydrogen-bond donors (Lipinski definition) is 1. The van der Waals surface area contributed by atoms with Crippen molar-refractivity contribution >= 4 is 15.9 Å². The molecule has 0 aliphatic rings. The largest absolute Gasteiger partial charge is 0.416 e. The van der Waals surface area contributed by atoms with Crippen molar-refractivity contribution in [3.8, 4) is 11.5 Å². The topological polar surface area (TPSA) is 64.9 Å². The van der Waals surface area contributed by atoms with Gasteiger partial charge in [0.25, 0.3) is 5.89 Å². The van der Waals surface area contributed by atoms with Gasteiger partial charge in [-0.15, -0.1) is 0 Å². The Bertz CT molecular complexity index is 627. The molecule has 21 heavy (non-hydrogen) atoms. The maximum atomic E-state index is 12.7. The summed E-state index contributed by atoms with van der Waals surface area (Å²) in [5.74, 6) is 0.297. The van der Waals surface area contributed by atoms with Crippen LogP contribution in [0.15, 0.2) is 27.2 Å². The summed E-state index contributed by atoms with van der Waals surface area (Å²) in [5, 5.41) is 3.73. The normalized spacial score (nSPS) is 13.4. The maximum absolute atomic E-state index is 12.7. The standard InChI is InChI=1S/C13H13BrF3N3O/c1-2-3-10(18)11-19-12(21-20-11)8-6-7(13(15,16)17)4-5-9(8)14/h4-6,10H,2-3,18H2,1H3. The number of halogens is 4. The minimum absolute atomic E-state index is 0.00882. The van der Waals surface area contributed by atoms with Gasteiger partial charge in [-0.25, -0.2) is 0 Å². The molecule has 2 aromatic rings. The van der Waals surface area contributed by atoms with Gasteiger partial charge in [0.2, 0.25) is 0 Å². The molecule has 2 N–H and O–H groups in total. The minimum Gasteiger partial charge on any atom is -0.334 e. The van der Waals surface area contributed by atoms with E-state index in [-0.39, 0.29) is 17.3 Å². The van der Waals surface area contributed by atoms with Gasteiger partial charge in [0.15, 0.2) is 5.82 Å². The van der Waals surface area contributed by atoms with Gasteiger partial charge in [0.05, 0.1) is 17.2 Å². The van der Waals surface area contributed by atoms with Crippen LogP contribution in [-0.2, 0) is 6.18 Å². The van der Waals surface area contributed by atoms with Crippen molar-refractivity contribution in [1.82, 2.24) is 10.1 Å². The number of aromatic nitrogens is 2. The minimum atomic E-state index is -4.43. The predicted molar refractivity (Wildman–Crippen MR) is 74.3 cm³/mol. The lowest BCUT2D eigenvalue weighted by atomic mass is 10.1. The van der Waals surface area contributed by atoms with Gasteiger partial charge in [-0.05, 0) is 40.5 Å². The average molecular weight is 364 g/mol. The van der Waals surface area contributed by atoms with E-state index in [9.17, 15) is 13.2 Å². The van der Waals surface area contributed by atoms with Crippen LogP contribution in [0.3, 0.4) is 0 Å². The fraction of sp³-hybridized carbons (Fsp3) is 0.385. The molecule has 0 aliphatic carbocycles. The summed E-state index contributed by atoms with van der Waals surface area (Å²) in [6.07, 6.45) is -2.92. The molecule has 0 radical (unpaired) electrons. The van der Waals surface area contributed by atoms with Crippen molar-refractivity contribution in [2.45, 2.75) is 32.0 Å². The summed E-state index contributed by atoms with van der Waals surface area (Å²) >= 11 is 3.18. The van der Waals surface area contributed by atoms with Crippen LogP contribution in [0, 0.1) is 0 Å². The van der Waals surface area contributed by atoms with Gasteiger partial charge in [-0.2, -0.15) is 18.2 Å². The molecule has 1 aromatic carbocycles. The molecule has 0 saturated heterocycles. The Morgan fingerprint density at radius 3 is 2.71 bits per heavy atom. The zero-order chi connectivity index (χ0) is 15.6. The van der Waals surface area contributed by atoms with Crippen LogP contribution < -0.4 is 5.73 Å². The molecule has 0 spiro atoms. The summed E-state index contributed by atoms with van der Waals surface area (Å²) in [4.78, 5) is 4.08. The zero-order valence-corrected chi connectivity index (χ0v) is 12.7. The first-order chi connectivity index (χ1) is 9.82. The molecule has 1 heterocycles. The number of nitrogens with two attached hydrogens (primary N) is 1. The fourth-order valence-corrected chi connectivity index (χ4v) is 2.22. The van der Waals surface area contributed by atoms with Crippen molar-refractivity contribution in [3.63, 3.8) is 0 Å². The second-order valence-electron chi connectivity index (χ2n) is 4.55. The molecule has 0 saturated carbocycles. The third-order valence-electron chi connectivity index (χ3n) is 2.90. The molecule has 4 nitrogen and oxygen atoms in total. The van der Waals surface area contributed by atoms with Gasteiger partial charge in [-0.3, -0.25) is 0 Å². The Balaban J connectivity index is 2.38. The van der Waals surface area contributed by atoms with E-state index in [2.05, 4.69) is 26.1 Å². The summed E-state index contributed by atoms with van der Waals surface area (Å²) in [5.41, 5.74) is 5.27. The summed E-state index contributed by atoms with van der Waals surface area (Å²) < 4.78 is 43.7. The van der Waals surface area contributed by atoms with Crippen molar-refractivity contribution in [1.29, 1.82) is 0 Å². The molecule has 0 aliphatic heterocycles. The average Bonchev–Trinajstić information content (AvgIpc) is 2.87. The molecule has 2 rings (SSSR count). The van der Waals surface area contributed by atoms with E-state index >= 15 is 0 Å². The maximum Gasteiger partial charge on any atom is 0.416 e. The van der Waals surface area contributed by atoms with Crippen LogP contribution in [0.2, 0.25) is 0 Å². The Hall–Kier alpha value is -1.41. The van der Waals surface area contributed by atoms with Crippen molar-refractivity contribution < 1.29 is 17.7 Å². The van der Waals surface area contributed by atoms with Gasteiger partial charge >= 0.3 is 6.18 Å². The van der Waals surface area contributed by atoms with E-state index in [1.54, 1.807) is 0 Å². The predicted octanol–water partition coefficient (Wildman–Crippen LogP) is 4.32. The van der Waals surface area contributed by atoms with Crippen molar-refractivity contribution in [3.05, 3.63) is 34.1 Å². The van der Waals surface area contributed by atoms with Crippen LogP contribution in [0.4, 0.5) is 13.2 Å². The van der Waals surface area contributed by atoms with Crippen LogP contribution in [0.1, 0.15) is 37.2 Å². The number of rotatable bonds is 4. The second-order valence-corrected chi connectivity index (χ2v) is 5.40. The first kappa shape index (κ1) is 16.0. The van der Waals surface area contributed by atoms with Crippen molar-refractivity contribution in [2.24, 2.45) is 5.73 Å². The lowest BCUT2D eigenvalue weighted by Crippen LogP contribution is -2.11. The highest BCUT2D eigenvalue weighted by atomic mass is 79.9. The highest BCUT2D eigenvalue weighted by molar-refractivity contribution is 9.10. The molecule has 1 atom stereocenters. The van der Waals surface area contributed by atoms with E-state index in [0.29, 0.717) is 10.9 Å². The van der Waals surface area contributed by atoms with Gasteiger partial charge in [0.1, 0.15) is 0 Å². The first-order valence-corrected chi connectivity index (χ1v) is 7.08. The molecule has 0 fully saturated rings. The molecular formula is C13H13BrF3N3O. The summed E-state index contributed by atoms with van der Waals surface area (Å²) in [7, 11) is 0. The SMILES string of the molecule is CCCC(N)c1noc(-c2cc(C(F)(F)F)ccc2Br)n1. The second kappa shape index (κ2) is 6.15. The van der Waals surface area contributed by atoms with Crippen LogP contribution in [0.25, 0.3) is 11.5 Å². The number of alkyl halides is 3. The Kier molecular flexibility index (Phi) is 4.67. The Morgan fingerprint density at radius 1 is 1.38 bits per heavy atom. The van der Waals surface area contributed by atoms with E-state index in [0.717, 1.165) is 18.6 Å². The number of hydrogen-bond acceptors (Lipinski definition) is 4. The molecule has 0 bridgehead atoms. The zero-order valence-electron chi connectivity index (χ0n) is 11.1. The van der Waals surface area contributed by atoms with Gasteiger partial charge in [-0.1, -0.05) is 18.5 Å². The third kappa shape index (κ3) is 3.62. The lowest BCUT2D eigenvalue weighted by molar-refractivity contribution is -0.137. The van der Waals surface area contributed by atoms with E-state index < -0.39 is 17.8 Å². The quantitative estimate of drug-likeness (QED) is 0.878. The molecular weight excluding hydrogens is 351 g/mol. The third-order valence-corrected chi connectivity index (χ3v) is 3.59. The fourth-order valence-electron chi connectivity index (χ4n) is 1.80. The van der Waals surface area contributed by atoms with Crippen LogP contribution in [0.5, 0.6) is 0 Å². The number of benzene rings is 1. The molecule has 1 unspecified atom stereocenters. The molecule has 1 aromatic heterocycles. The van der Waals surface area contributed by atoms with Crippen molar-refractivity contribution in [2.75, 3.05) is 0 Å². The van der Waals surface area contributed by atoms with Crippen LogP contribution >= 0.6 is 15.9 Å². The van der Waals surface area contributed by atoms with Gasteiger partial charge in [0, 0.05) is 4.47 Å². The molecule has 8 heteroatoms. The van der Waals surface area contributed by atoms with E-state index in [4.69, 9.17) is 10.3 Å². The summed E-state index contributed by atoms with van der Waals surface area (Å²) in [6, 6.07) is 2.85. The van der Waals surface area contributed by atoms with Crippen LogP contribution in [-0.4, -0.2) is 10.1 Å². The molecule has 114 valence electrons. The molecule has 0 amide bonds. The monoisotopic (exact) mass is 363 g/mol. The van der Waals surface area contributed by atoms with E-state index in [1.165, 1.54) is 6.07 Å². The number of nitrogens with zero attached hydrogens (tertiary/aromatic N) is 2. The highest BCUT2D eigenvalue weighted by Gasteiger charge is 2.31. The Labute approximate surface area is 127 Å². The Morgan fingerprint density at radius 2 is 2.10 bits per heavy atom.